The first-order chi connectivity index (χ1) is 16.0. The van der Waals surface area contributed by atoms with E-state index in [2.05, 4.69) is 12.1 Å². The number of halogens is 1. The topological polar surface area (TPSA) is 67.9 Å². The van der Waals surface area contributed by atoms with Crippen LogP contribution in [0, 0.1) is 40.8 Å². The molecule has 0 spiro atoms. The van der Waals surface area contributed by atoms with E-state index >= 15 is 4.39 Å². The highest BCUT2D eigenvalue weighted by molar-refractivity contribution is 6.04. The molecule has 0 N–H and O–H groups in total. The van der Waals surface area contributed by atoms with E-state index in [1.54, 1.807) is 36.4 Å². The molecule has 0 unspecified atom stereocenters. The summed E-state index contributed by atoms with van der Waals surface area (Å²) >= 11 is 0. The van der Waals surface area contributed by atoms with Crippen LogP contribution in [0.3, 0.4) is 0 Å². The van der Waals surface area contributed by atoms with Crippen LogP contribution in [-0.2, 0) is 0 Å². The third-order valence-electron chi connectivity index (χ3n) is 6.76. The SMILES string of the molecule is Cc1ccc(C(=O)[C@@H]2[C@H](c3ccccc3F)C(C#N)(C#N)[C@H]3C=Cc4ccccc4N23)cc1. The maximum atomic E-state index is 15.2. The monoisotopic (exact) mass is 433 g/mol. The lowest BCUT2D eigenvalue weighted by Gasteiger charge is -2.35. The minimum atomic E-state index is -1.66. The largest absolute Gasteiger partial charge is 0.351 e. The summed E-state index contributed by atoms with van der Waals surface area (Å²) in [6.45, 7) is 1.93. The smallest absolute Gasteiger partial charge is 0.185 e. The molecule has 3 atom stereocenters. The lowest BCUT2D eigenvalue weighted by Crippen LogP contribution is -2.44. The van der Waals surface area contributed by atoms with E-state index in [1.165, 1.54) is 6.07 Å². The van der Waals surface area contributed by atoms with Crippen LogP contribution in [0.25, 0.3) is 6.08 Å². The highest BCUT2D eigenvalue weighted by atomic mass is 19.1. The van der Waals surface area contributed by atoms with Gasteiger partial charge in [-0.25, -0.2) is 4.39 Å². The average Bonchev–Trinajstić information content (AvgIpc) is 3.15. The van der Waals surface area contributed by atoms with Gasteiger partial charge in [-0.3, -0.25) is 4.79 Å². The minimum Gasteiger partial charge on any atom is -0.351 e. The van der Waals surface area contributed by atoms with Crippen LogP contribution in [-0.4, -0.2) is 17.9 Å². The number of carbonyl (C=O) groups is 1. The second-order valence-electron chi connectivity index (χ2n) is 8.54. The molecular weight excluding hydrogens is 413 g/mol. The first-order valence-electron chi connectivity index (χ1n) is 10.7. The van der Waals surface area contributed by atoms with E-state index in [9.17, 15) is 15.3 Å². The third kappa shape index (κ3) is 2.97. The van der Waals surface area contributed by atoms with Gasteiger partial charge in [0.25, 0.3) is 0 Å². The van der Waals surface area contributed by atoms with Crippen LogP contribution in [0.15, 0.2) is 78.9 Å². The van der Waals surface area contributed by atoms with Crippen molar-refractivity contribution < 1.29 is 9.18 Å². The number of fused-ring (bicyclic) bond motifs is 3. The highest BCUT2D eigenvalue weighted by Gasteiger charge is 2.63. The molecule has 0 saturated carbocycles. The van der Waals surface area contributed by atoms with Crippen molar-refractivity contribution >= 4 is 17.5 Å². The first kappa shape index (κ1) is 20.7. The Bertz CT molecular complexity index is 1350. The molecule has 0 amide bonds. The van der Waals surface area contributed by atoms with Gasteiger partial charge in [0.1, 0.15) is 11.9 Å². The predicted molar refractivity (Wildman–Crippen MR) is 124 cm³/mol. The average molecular weight is 433 g/mol. The Balaban J connectivity index is 1.80. The fourth-order valence-electron chi connectivity index (χ4n) is 5.19. The molecule has 5 rings (SSSR count). The molecule has 3 aromatic rings. The summed E-state index contributed by atoms with van der Waals surface area (Å²) in [5.41, 5.74) is 1.66. The van der Waals surface area contributed by atoms with Crippen molar-refractivity contribution in [3.8, 4) is 12.1 Å². The third-order valence-corrected chi connectivity index (χ3v) is 6.76. The van der Waals surface area contributed by atoms with Crippen molar-refractivity contribution in [1.29, 1.82) is 10.5 Å². The van der Waals surface area contributed by atoms with Crippen molar-refractivity contribution in [2.75, 3.05) is 4.90 Å². The number of Topliss-reactive ketones (excluding diaryl/α,β-unsaturated/α-hetero) is 1. The second kappa shape index (κ2) is 7.73. The molecule has 2 heterocycles. The van der Waals surface area contributed by atoms with E-state index in [1.807, 2.05) is 54.3 Å². The Kier molecular flexibility index (Phi) is 4.84. The van der Waals surface area contributed by atoms with Crippen molar-refractivity contribution in [3.63, 3.8) is 0 Å². The summed E-state index contributed by atoms with van der Waals surface area (Å²) in [7, 11) is 0. The van der Waals surface area contributed by atoms with E-state index in [0.717, 1.165) is 16.8 Å². The van der Waals surface area contributed by atoms with Gasteiger partial charge < -0.3 is 4.90 Å². The Hall–Kier alpha value is -4.22. The Morgan fingerprint density at radius 2 is 1.64 bits per heavy atom. The fraction of sp³-hybridized carbons (Fsp3) is 0.179. The molecule has 0 aromatic heterocycles. The van der Waals surface area contributed by atoms with Crippen LogP contribution < -0.4 is 4.90 Å². The summed E-state index contributed by atoms with van der Waals surface area (Å²) in [5, 5.41) is 20.7. The maximum absolute atomic E-state index is 15.2. The van der Waals surface area contributed by atoms with Gasteiger partial charge in [0.2, 0.25) is 0 Å². The number of nitrogens with zero attached hydrogens (tertiary/aromatic N) is 3. The summed E-state index contributed by atoms with van der Waals surface area (Å²) in [4.78, 5) is 15.9. The molecule has 1 fully saturated rings. The number of benzene rings is 3. The van der Waals surface area contributed by atoms with Gasteiger partial charge in [0.15, 0.2) is 11.2 Å². The number of hydrogen-bond acceptors (Lipinski definition) is 4. The zero-order valence-electron chi connectivity index (χ0n) is 17.9. The molecule has 160 valence electrons. The van der Waals surface area contributed by atoms with Gasteiger partial charge in [-0.2, -0.15) is 10.5 Å². The molecule has 4 nitrogen and oxygen atoms in total. The fourth-order valence-corrected chi connectivity index (χ4v) is 5.19. The van der Waals surface area contributed by atoms with Crippen LogP contribution in [0.2, 0.25) is 0 Å². The van der Waals surface area contributed by atoms with Crippen LogP contribution in [0.4, 0.5) is 10.1 Å². The quantitative estimate of drug-likeness (QED) is 0.518. The number of rotatable bonds is 3. The standard InChI is InChI=1S/C28H20FN3O/c1-18-10-12-20(13-11-18)27(33)26-25(21-7-3-4-8-22(21)29)28(16-30,17-31)24-15-14-19-6-2-5-9-23(19)32(24)26/h2-15,24-26H,1H3/t24-,25+,26+/m1/s1. The van der Waals surface area contributed by atoms with Crippen LogP contribution in [0.1, 0.15) is 33.0 Å². The van der Waals surface area contributed by atoms with Crippen LogP contribution >= 0.6 is 0 Å². The maximum Gasteiger partial charge on any atom is 0.185 e. The summed E-state index contributed by atoms with van der Waals surface area (Å²) in [6, 6.07) is 23.7. The first-order valence-corrected chi connectivity index (χ1v) is 10.7. The summed E-state index contributed by atoms with van der Waals surface area (Å²) in [6.07, 6.45) is 3.67. The van der Waals surface area contributed by atoms with Crippen LogP contribution in [0.5, 0.6) is 0 Å². The molecular formula is C28H20FN3O. The second-order valence-corrected chi connectivity index (χ2v) is 8.54. The van der Waals surface area contributed by atoms with Crippen molar-refractivity contribution in [3.05, 3.63) is 107 Å². The molecule has 0 radical (unpaired) electrons. The predicted octanol–water partition coefficient (Wildman–Crippen LogP) is 5.42. The Morgan fingerprint density at radius 1 is 0.970 bits per heavy atom. The van der Waals surface area contributed by atoms with Gasteiger partial charge in [-0.15, -0.1) is 0 Å². The van der Waals surface area contributed by atoms with Gasteiger partial charge in [0.05, 0.1) is 18.2 Å². The molecule has 1 saturated heterocycles. The zero-order chi connectivity index (χ0) is 23.2. The number of carbonyl (C=O) groups excluding carboxylic acids is 1. The number of nitriles is 2. The summed E-state index contributed by atoms with van der Waals surface area (Å²) < 4.78 is 15.2. The molecule has 33 heavy (non-hydrogen) atoms. The zero-order valence-corrected chi connectivity index (χ0v) is 17.9. The number of para-hydroxylation sites is 1. The Labute approximate surface area is 191 Å². The normalized spacial score (nSPS) is 22.1. The molecule has 3 aromatic carbocycles. The lowest BCUT2D eigenvalue weighted by molar-refractivity contribution is 0.0950. The van der Waals surface area contributed by atoms with Gasteiger partial charge in [-0.05, 0) is 30.2 Å². The lowest BCUT2D eigenvalue weighted by atomic mass is 9.69. The Morgan fingerprint density at radius 3 is 2.33 bits per heavy atom. The molecule has 2 aliphatic rings. The van der Waals surface area contributed by atoms with E-state index in [0.29, 0.717) is 5.56 Å². The molecule has 5 heteroatoms. The van der Waals surface area contributed by atoms with Gasteiger partial charge >= 0.3 is 0 Å². The van der Waals surface area contributed by atoms with Gasteiger partial charge in [-0.1, -0.05) is 78.4 Å². The minimum absolute atomic E-state index is 0.200. The van der Waals surface area contributed by atoms with Crippen molar-refractivity contribution in [2.45, 2.75) is 24.9 Å². The number of hydrogen-bond donors (Lipinski definition) is 0. The summed E-state index contributed by atoms with van der Waals surface area (Å²) in [5.74, 6) is -1.76. The highest BCUT2D eigenvalue weighted by Crippen LogP contribution is 2.55. The van der Waals surface area contributed by atoms with E-state index in [-0.39, 0.29) is 11.3 Å². The molecule has 2 aliphatic heterocycles. The number of ketones is 1. The van der Waals surface area contributed by atoms with E-state index < -0.39 is 29.2 Å². The van der Waals surface area contributed by atoms with E-state index in [4.69, 9.17) is 0 Å². The van der Waals surface area contributed by atoms with Crippen molar-refractivity contribution in [2.24, 2.45) is 5.41 Å². The molecule has 0 bridgehead atoms. The number of anilines is 1. The number of aryl methyl sites for hydroxylation is 1. The molecule has 0 aliphatic carbocycles. The van der Waals surface area contributed by atoms with Crippen molar-refractivity contribution in [1.82, 2.24) is 0 Å². The van der Waals surface area contributed by atoms with Gasteiger partial charge in [0, 0.05) is 17.2 Å².